The highest BCUT2D eigenvalue weighted by Gasteiger charge is 2.18. The molecular weight excluding hydrogens is 432 g/mol. The van der Waals surface area contributed by atoms with Gasteiger partial charge in [0, 0.05) is 5.69 Å². The maximum Gasteiger partial charge on any atom is 0.338 e. The average molecular weight is 457 g/mol. The summed E-state index contributed by atoms with van der Waals surface area (Å²) in [6.45, 7) is 5.20. The number of benzene rings is 2. The second-order valence-electron chi connectivity index (χ2n) is 7.33. The van der Waals surface area contributed by atoms with Crippen molar-refractivity contribution < 1.29 is 27.2 Å². The standard InChI is InChI=1S/C23H24N2O6S/c1-15-10-16(2)22(17(3)11-15)25-21(26)14-31-23(27)18-6-4-8-20(12-18)32(28,29)24-13-19-7-5-9-30-19/h4-12,24H,13-14H2,1-3H3,(H,25,26). The van der Waals surface area contributed by atoms with Crippen molar-refractivity contribution >= 4 is 27.6 Å². The van der Waals surface area contributed by atoms with E-state index in [1.165, 1.54) is 30.5 Å². The first-order chi connectivity index (χ1) is 15.2. The third kappa shape index (κ3) is 5.83. The number of carbonyl (C=O) groups is 2. The van der Waals surface area contributed by atoms with Crippen LogP contribution in [0.25, 0.3) is 0 Å². The minimum absolute atomic E-state index is 0.0152. The van der Waals surface area contributed by atoms with Crippen LogP contribution in [0, 0.1) is 20.8 Å². The summed E-state index contributed by atoms with van der Waals surface area (Å²) in [5, 5.41) is 2.75. The van der Waals surface area contributed by atoms with E-state index in [0.29, 0.717) is 11.4 Å². The van der Waals surface area contributed by atoms with Crippen LogP contribution in [0.5, 0.6) is 0 Å². The van der Waals surface area contributed by atoms with Gasteiger partial charge in [-0.15, -0.1) is 0 Å². The molecule has 0 aliphatic heterocycles. The van der Waals surface area contributed by atoms with Gasteiger partial charge in [0.05, 0.1) is 23.3 Å². The maximum atomic E-state index is 12.5. The molecule has 2 aromatic carbocycles. The first-order valence-electron chi connectivity index (χ1n) is 9.82. The number of amides is 1. The Hall–Kier alpha value is -3.43. The molecule has 1 amide bonds. The van der Waals surface area contributed by atoms with Gasteiger partial charge in [-0.3, -0.25) is 4.79 Å². The Labute approximate surface area is 186 Å². The lowest BCUT2D eigenvalue weighted by atomic mass is 10.1. The molecule has 0 fully saturated rings. The summed E-state index contributed by atoms with van der Waals surface area (Å²) in [6.07, 6.45) is 1.44. The molecule has 0 aliphatic carbocycles. The quantitative estimate of drug-likeness (QED) is 0.502. The molecule has 0 atom stereocenters. The molecule has 0 spiro atoms. The van der Waals surface area contributed by atoms with Gasteiger partial charge in [0.2, 0.25) is 10.0 Å². The molecule has 0 radical (unpaired) electrons. The van der Waals surface area contributed by atoms with Gasteiger partial charge in [0.25, 0.3) is 5.91 Å². The zero-order valence-electron chi connectivity index (χ0n) is 18.0. The van der Waals surface area contributed by atoms with E-state index in [2.05, 4.69) is 10.0 Å². The Bertz CT molecular complexity index is 1210. The molecule has 1 heterocycles. The Balaban J connectivity index is 1.61. The van der Waals surface area contributed by atoms with E-state index in [0.717, 1.165) is 16.7 Å². The summed E-state index contributed by atoms with van der Waals surface area (Å²) in [5.74, 6) is -0.841. The fourth-order valence-corrected chi connectivity index (χ4v) is 4.26. The van der Waals surface area contributed by atoms with E-state index in [4.69, 9.17) is 9.15 Å². The molecule has 2 N–H and O–H groups in total. The highest BCUT2D eigenvalue weighted by Crippen LogP contribution is 2.22. The van der Waals surface area contributed by atoms with E-state index in [1.54, 1.807) is 12.1 Å². The van der Waals surface area contributed by atoms with Crippen molar-refractivity contribution in [1.82, 2.24) is 4.72 Å². The number of hydrogen-bond donors (Lipinski definition) is 2. The monoisotopic (exact) mass is 456 g/mol. The van der Waals surface area contributed by atoms with E-state index < -0.39 is 28.5 Å². The normalized spacial score (nSPS) is 11.2. The molecule has 9 heteroatoms. The van der Waals surface area contributed by atoms with Crippen molar-refractivity contribution in [1.29, 1.82) is 0 Å². The van der Waals surface area contributed by atoms with Crippen LogP contribution in [-0.2, 0) is 26.1 Å². The van der Waals surface area contributed by atoms with Crippen molar-refractivity contribution in [2.24, 2.45) is 0 Å². The van der Waals surface area contributed by atoms with Gasteiger partial charge in [0.15, 0.2) is 6.61 Å². The van der Waals surface area contributed by atoms with Gasteiger partial charge in [-0.1, -0.05) is 23.8 Å². The highest BCUT2D eigenvalue weighted by molar-refractivity contribution is 7.89. The number of carbonyl (C=O) groups excluding carboxylic acids is 2. The smallest absolute Gasteiger partial charge is 0.338 e. The molecule has 0 saturated carbocycles. The lowest BCUT2D eigenvalue weighted by Crippen LogP contribution is -2.24. The summed E-state index contributed by atoms with van der Waals surface area (Å²) in [5.41, 5.74) is 3.58. The van der Waals surface area contributed by atoms with Crippen LogP contribution in [0.4, 0.5) is 5.69 Å². The van der Waals surface area contributed by atoms with Gasteiger partial charge in [-0.05, 0) is 62.2 Å². The van der Waals surface area contributed by atoms with Crippen molar-refractivity contribution in [3.05, 3.63) is 82.8 Å². The molecule has 0 bridgehead atoms. The lowest BCUT2D eigenvalue weighted by Gasteiger charge is -2.13. The number of rotatable bonds is 8. The number of ether oxygens (including phenoxy) is 1. The maximum absolute atomic E-state index is 12.5. The number of anilines is 1. The van der Waals surface area contributed by atoms with Crippen LogP contribution in [0.2, 0.25) is 0 Å². The van der Waals surface area contributed by atoms with E-state index >= 15 is 0 Å². The topological polar surface area (TPSA) is 115 Å². The van der Waals surface area contributed by atoms with Gasteiger partial charge < -0.3 is 14.5 Å². The zero-order chi connectivity index (χ0) is 23.3. The van der Waals surface area contributed by atoms with Crippen molar-refractivity contribution in [2.75, 3.05) is 11.9 Å². The van der Waals surface area contributed by atoms with Crippen LogP contribution in [-0.4, -0.2) is 26.9 Å². The SMILES string of the molecule is Cc1cc(C)c(NC(=O)COC(=O)c2cccc(S(=O)(=O)NCc3ccco3)c2)c(C)c1. The summed E-state index contributed by atoms with van der Waals surface area (Å²) in [7, 11) is -3.87. The largest absolute Gasteiger partial charge is 0.468 e. The molecule has 8 nitrogen and oxygen atoms in total. The van der Waals surface area contributed by atoms with Crippen LogP contribution in [0.1, 0.15) is 32.8 Å². The number of furan rings is 1. The van der Waals surface area contributed by atoms with Crippen LogP contribution >= 0.6 is 0 Å². The predicted molar refractivity (Wildman–Crippen MR) is 119 cm³/mol. The number of aryl methyl sites for hydroxylation is 3. The number of sulfonamides is 1. The third-order valence-corrected chi connectivity index (χ3v) is 6.07. The Morgan fingerprint density at radius 2 is 1.72 bits per heavy atom. The Morgan fingerprint density at radius 1 is 1.00 bits per heavy atom. The first-order valence-corrected chi connectivity index (χ1v) is 11.3. The molecule has 0 saturated heterocycles. The number of esters is 1. The molecule has 3 aromatic rings. The number of hydrogen-bond acceptors (Lipinski definition) is 6. The molecule has 32 heavy (non-hydrogen) atoms. The summed E-state index contributed by atoms with van der Waals surface area (Å²) >= 11 is 0. The van der Waals surface area contributed by atoms with Gasteiger partial charge in [-0.2, -0.15) is 0 Å². The molecule has 1 aromatic heterocycles. The van der Waals surface area contributed by atoms with Crippen molar-refractivity contribution in [3.63, 3.8) is 0 Å². The van der Waals surface area contributed by atoms with Gasteiger partial charge in [-0.25, -0.2) is 17.9 Å². The van der Waals surface area contributed by atoms with Crippen LogP contribution in [0.3, 0.4) is 0 Å². The zero-order valence-corrected chi connectivity index (χ0v) is 18.8. The minimum atomic E-state index is -3.87. The molecule has 0 aliphatic rings. The second kappa shape index (κ2) is 9.80. The molecule has 0 unspecified atom stereocenters. The highest BCUT2D eigenvalue weighted by atomic mass is 32.2. The van der Waals surface area contributed by atoms with E-state index in [9.17, 15) is 18.0 Å². The lowest BCUT2D eigenvalue weighted by molar-refractivity contribution is -0.119. The average Bonchev–Trinajstić information content (AvgIpc) is 3.27. The summed E-state index contributed by atoms with van der Waals surface area (Å²) < 4.78 is 37.6. The number of nitrogens with one attached hydrogen (secondary N) is 2. The van der Waals surface area contributed by atoms with Gasteiger partial charge >= 0.3 is 5.97 Å². The predicted octanol–water partition coefficient (Wildman–Crippen LogP) is 3.48. The van der Waals surface area contributed by atoms with Crippen LogP contribution in [0.15, 0.2) is 64.1 Å². The molecular formula is C23H24N2O6S. The Kier molecular flexibility index (Phi) is 7.12. The fraction of sp³-hybridized carbons (Fsp3) is 0.217. The fourth-order valence-electron chi connectivity index (χ4n) is 3.22. The van der Waals surface area contributed by atoms with Crippen molar-refractivity contribution in [2.45, 2.75) is 32.2 Å². The third-order valence-electron chi connectivity index (χ3n) is 4.67. The summed E-state index contributed by atoms with van der Waals surface area (Å²) in [4.78, 5) is 24.5. The Morgan fingerprint density at radius 3 is 2.38 bits per heavy atom. The molecule has 168 valence electrons. The van der Waals surface area contributed by atoms with Crippen molar-refractivity contribution in [3.8, 4) is 0 Å². The van der Waals surface area contributed by atoms with E-state index in [-0.39, 0.29) is 17.0 Å². The second-order valence-corrected chi connectivity index (χ2v) is 9.10. The minimum Gasteiger partial charge on any atom is -0.468 e. The van der Waals surface area contributed by atoms with E-state index in [1.807, 2.05) is 32.9 Å². The molecule has 3 rings (SSSR count). The first kappa shape index (κ1) is 23.2. The van der Waals surface area contributed by atoms with Crippen LogP contribution < -0.4 is 10.0 Å². The van der Waals surface area contributed by atoms with Gasteiger partial charge in [0.1, 0.15) is 5.76 Å². The summed E-state index contributed by atoms with van der Waals surface area (Å²) in [6, 6.07) is 12.6.